The summed E-state index contributed by atoms with van der Waals surface area (Å²) in [5.74, 6) is 0. The van der Waals surface area contributed by atoms with E-state index in [0.29, 0.717) is 11.3 Å². The maximum atomic E-state index is 11.8. The van der Waals surface area contributed by atoms with Crippen LogP contribution in [0.15, 0.2) is 10.3 Å². The minimum Gasteiger partial charge on any atom is -0.392 e. The maximum absolute atomic E-state index is 11.8. The highest BCUT2D eigenvalue weighted by Crippen LogP contribution is 2.35. The molecule has 1 heterocycles. The van der Waals surface area contributed by atoms with Gasteiger partial charge < -0.3 is 10.8 Å². The Kier molecular flexibility index (Phi) is 5.24. The number of aliphatic hydroxyl groups excluding tert-OH is 1. The van der Waals surface area contributed by atoms with Crippen LogP contribution in [0.1, 0.15) is 6.92 Å². The fourth-order valence-electron chi connectivity index (χ4n) is 1.04. The molecule has 1 rings (SSSR count). The Bertz CT molecular complexity index is 571. The van der Waals surface area contributed by atoms with E-state index < -0.39 is 32.8 Å². The number of hydrogen-bond acceptors (Lipinski definition) is 7. The van der Waals surface area contributed by atoms with Crippen molar-refractivity contribution in [1.29, 1.82) is 0 Å². The first-order valence-corrected chi connectivity index (χ1v) is 7.70. The van der Waals surface area contributed by atoms with Crippen molar-refractivity contribution in [3.63, 3.8) is 0 Å². The van der Waals surface area contributed by atoms with Gasteiger partial charge in [-0.05, 0) is 6.92 Å². The average Bonchev–Trinajstić information content (AvgIpc) is 2.69. The number of rotatable bonds is 6. The highest BCUT2D eigenvalue weighted by atomic mass is 35.5. The van der Waals surface area contributed by atoms with E-state index in [9.17, 15) is 18.5 Å². The van der Waals surface area contributed by atoms with Crippen molar-refractivity contribution < 1.29 is 18.4 Å². The molecule has 2 atom stereocenters. The van der Waals surface area contributed by atoms with Gasteiger partial charge in [-0.3, -0.25) is 10.1 Å². The largest absolute Gasteiger partial charge is 0.392 e. The Morgan fingerprint density at radius 1 is 1.68 bits per heavy atom. The van der Waals surface area contributed by atoms with Gasteiger partial charge in [-0.1, -0.05) is 11.6 Å². The van der Waals surface area contributed by atoms with Crippen LogP contribution in [0.25, 0.3) is 0 Å². The van der Waals surface area contributed by atoms with Gasteiger partial charge in [0, 0.05) is 18.7 Å². The van der Waals surface area contributed by atoms with Gasteiger partial charge >= 0.3 is 0 Å². The van der Waals surface area contributed by atoms with Crippen molar-refractivity contribution >= 4 is 38.6 Å². The van der Waals surface area contributed by atoms with E-state index >= 15 is 0 Å². The van der Waals surface area contributed by atoms with Crippen molar-refractivity contribution in [1.82, 2.24) is 4.72 Å². The average molecular weight is 330 g/mol. The summed E-state index contributed by atoms with van der Waals surface area (Å²) >= 11 is 6.16. The van der Waals surface area contributed by atoms with Gasteiger partial charge in [-0.25, -0.2) is 13.1 Å². The standard InChI is InChI=1S/C8H12ClN3O5S2/c1-4(13)5(10)3-11-19(16,17)7-2-6(12(14)15)8(9)18-7/h2,4-5,11,13H,3,10H2,1H3. The maximum Gasteiger partial charge on any atom is 0.300 e. The van der Waals surface area contributed by atoms with Crippen LogP contribution in [-0.2, 0) is 10.0 Å². The molecule has 1 aromatic rings. The van der Waals surface area contributed by atoms with E-state index in [-0.39, 0.29) is 15.1 Å². The van der Waals surface area contributed by atoms with Gasteiger partial charge in [0.05, 0.1) is 11.0 Å². The molecule has 0 saturated carbocycles. The molecule has 8 nitrogen and oxygen atoms in total. The quantitative estimate of drug-likeness (QED) is 0.507. The highest BCUT2D eigenvalue weighted by molar-refractivity contribution is 7.91. The molecule has 0 aliphatic heterocycles. The van der Waals surface area contributed by atoms with E-state index in [2.05, 4.69) is 4.72 Å². The summed E-state index contributed by atoms with van der Waals surface area (Å²) in [7, 11) is -3.94. The van der Waals surface area contributed by atoms with Crippen LogP contribution >= 0.6 is 22.9 Å². The number of halogens is 1. The molecule has 4 N–H and O–H groups in total. The fourth-order valence-corrected chi connectivity index (χ4v) is 3.82. The van der Waals surface area contributed by atoms with Gasteiger partial charge in [0.2, 0.25) is 10.0 Å². The Hall–Kier alpha value is -0.780. The topological polar surface area (TPSA) is 136 Å². The lowest BCUT2D eigenvalue weighted by molar-refractivity contribution is -0.384. The first-order valence-electron chi connectivity index (χ1n) is 5.02. The zero-order chi connectivity index (χ0) is 14.8. The summed E-state index contributed by atoms with van der Waals surface area (Å²) in [6, 6.07) is 0.101. The second-order valence-electron chi connectivity index (χ2n) is 3.74. The molecule has 11 heteroatoms. The molecule has 0 radical (unpaired) electrons. The summed E-state index contributed by atoms with van der Waals surface area (Å²) in [5, 5.41) is 19.7. The van der Waals surface area contributed by atoms with E-state index in [0.717, 1.165) is 6.07 Å². The van der Waals surface area contributed by atoms with Crippen LogP contribution in [0.4, 0.5) is 5.69 Å². The summed E-state index contributed by atoms with van der Waals surface area (Å²) in [6.07, 6.45) is -0.885. The summed E-state index contributed by atoms with van der Waals surface area (Å²) in [5.41, 5.74) is 5.01. The van der Waals surface area contributed by atoms with Crippen molar-refractivity contribution in [3.8, 4) is 0 Å². The molecule has 108 valence electrons. The molecule has 2 unspecified atom stereocenters. The smallest absolute Gasteiger partial charge is 0.300 e. The summed E-state index contributed by atoms with van der Waals surface area (Å²) in [4.78, 5) is 9.81. The minimum atomic E-state index is -3.94. The SMILES string of the molecule is CC(O)C(N)CNS(=O)(=O)c1cc([N+](=O)[O-])c(Cl)s1. The number of nitrogens with two attached hydrogens (primary N) is 1. The number of nitrogens with one attached hydrogen (secondary N) is 1. The predicted octanol–water partition coefficient (Wildman–Crippen LogP) is 0.296. The third-order valence-corrected chi connectivity index (χ3v) is 5.47. The second-order valence-corrected chi connectivity index (χ2v) is 7.39. The molecule has 0 bridgehead atoms. The molecule has 0 aliphatic carbocycles. The number of nitro groups is 1. The lowest BCUT2D eigenvalue weighted by atomic mass is 10.2. The monoisotopic (exact) mass is 329 g/mol. The van der Waals surface area contributed by atoms with Crippen LogP contribution in [0, 0.1) is 10.1 Å². The van der Waals surface area contributed by atoms with Crippen LogP contribution in [0.3, 0.4) is 0 Å². The molecule has 0 amide bonds. The van der Waals surface area contributed by atoms with Gasteiger partial charge in [0.1, 0.15) is 4.21 Å². The minimum absolute atomic E-state index is 0.191. The van der Waals surface area contributed by atoms with Crippen LogP contribution in [0.2, 0.25) is 4.34 Å². The van der Waals surface area contributed by atoms with Crippen LogP contribution in [0.5, 0.6) is 0 Å². The van der Waals surface area contributed by atoms with E-state index in [1.165, 1.54) is 6.92 Å². The highest BCUT2D eigenvalue weighted by Gasteiger charge is 2.25. The van der Waals surface area contributed by atoms with E-state index in [1.807, 2.05) is 0 Å². The third kappa shape index (κ3) is 4.09. The lowest BCUT2D eigenvalue weighted by Gasteiger charge is -2.14. The molecule has 1 aromatic heterocycles. The van der Waals surface area contributed by atoms with Crippen molar-refractivity contribution in [2.45, 2.75) is 23.3 Å². The molecule has 0 fully saturated rings. The molecular weight excluding hydrogens is 318 g/mol. The Morgan fingerprint density at radius 2 is 2.26 bits per heavy atom. The van der Waals surface area contributed by atoms with E-state index in [4.69, 9.17) is 22.4 Å². The molecule has 0 spiro atoms. The van der Waals surface area contributed by atoms with Crippen molar-refractivity contribution in [2.75, 3.05) is 6.54 Å². The van der Waals surface area contributed by atoms with Crippen LogP contribution in [-0.4, -0.2) is 37.1 Å². The second kappa shape index (κ2) is 6.11. The number of hydrogen-bond donors (Lipinski definition) is 3. The number of nitrogens with zero attached hydrogens (tertiary/aromatic N) is 1. The van der Waals surface area contributed by atoms with Crippen molar-refractivity contribution in [3.05, 3.63) is 20.5 Å². The molecule has 0 saturated heterocycles. The molecule has 19 heavy (non-hydrogen) atoms. The third-order valence-electron chi connectivity index (χ3n) is 2.24. The number of aliphatic hydroxyl groups is 1. The Morgan fingerprint density at radius 3 is 2.68 bits per heavy atom. The first-order chi connectivity index (χ1) is 8.65. The zero-order valence-electron chi connectivity index (χ0n) is 9.74. The predicted molar refractivity (Wildman–Crippen MR) is 70.8 cm³/mol. The zero-order valence-corrected chi connectivity index (χ0v) is 12.1. The number of sulfonamides is 1. The molecule has 0 aliphatic rings. The van der Waals surface area contributed by atoms with Gasteiger partial charge in [0.15, 0.2) is 4.34 Å². The van der Waals surface area contributed by atoms with Gasteiger partial charge in [-0.2, -0.15) is 0 Å². The number of thiophene rings is 1. The van der Waals surface area contributed by atoms with E-state index in [1.54, 1.807) is 0 Å². The van der Waals surface area contributed by atoms with Crippen LogP contribution < -0.4 is 10.5 Å². The molecular formula is C8H12ClN3O5S2. The van der Waals surface area contributed by atoms with Gasteiger partial charge in [0.25, 0.3) is 5.69 Å². The molecule has 0 aromatic carbocycles. The Labute approximate surface area is 118 Å². The first kappa shape index (κ1) is 16.3. The lowest BCUT2D eigenvalue weighted by Crippen LogP contribution is -2.43. The van der Waals surface area contributed by atoms with Gasteiger partial charge in [-0.15, -0.1) is 11.3 Å². The normalized spacial score (nSPS) is 15.2. The summed E-state index contributed by atoms with van der Waals surface area (Å²) < 4.78 is 25.3. The summed E-state index contributed by atoms with van der Waals surface area (Å²) in [6.45, 7) is 1.23. The van der Waals surface area contributed by atoms with Crippen molar-refractivity contribution in [2.24, 2.45) is 5.73 Å². The fraction of sp³-hybridized carbons (Fsp3) is 0.500. The Balaban J connectivity index is 2.89.